The molecule has 0 unspecified atom stereocenters. The van der Waals surface area contributed by atoms with E-state index in [-0.39, 0.29) is 0 Å². The number of benzene rings is 1. The van der Waals surface area contributed by atoms with Gasteiger partial charge in [-0.1, -0.05) is 11.8 Å². The molecule has 1 heterocycles. The molecule has 1 aromatic heterocycles. The van der Waals surface area contributed by atoms with Crippen molar-refractivity contribution in [1.82, 2.24) is 4.98 Å². The number of halogens is 4. The lowest BCUT2D eigenvalue weighted by atomic mass is 10.1. The largest absolute Gasteiger partial charge is 0.265 e. The predicted octanol–water partition coefficient (Wildman–Crippen LogP) is 3.04. The summed E-state index contributed by atoms with van der Waals surface area (Å²) in [6.07, 6.45) is 2.93. The van der Waals surface area contributed by atoms with Crippen LogP contribution in [0.15, 0.2) is 30.6 Å². The molecule has 0 saturated heterocycles. The van der Waals surface area contributed by atoms with Crippen LogP contribution in [-0.2, 0) is 0 Å². The van der Waals surface area contributed by atoms with Crippen LogP contribution in [-0.4, -0.2) is 4.98 Å². The summed E-state index contributed by atoms with van der Waals surface area (Å²) >= 11 is 0. The first kappa shape index (κ1) is 12.1. The standard InChI is InChI=1S/C13H5F4N/c14-10-7-9(11(15)13(17)12(10)16)2-1-8-3-5-18-6-4-8/h3-7H. The summed E-state index contributed by atoms with van der Waals surface area (Å²) in [4.78, 5) is 3.75. The van der Waals surface area contributed by atoms with Crippen molar-refractivity contribution in [3.8, 4) is 11.8 Å². The van der Waals surface area contributed by atoms with Gasteiger partial charge in [-0.3, -0.25) is 4.98 Å². The van der Waals surface area contributed by atoms with E-state index in [0.717, 1.165) is 0 Å². The molecule has 2 rings (SSSR count). The number of nitrogens with zero attached hydrogens (tertiary/aromatic N) is 1. The molecule has 2 aromatic rings. The fourth-order valence-corrected chi connectivity index (χ4v) is 1.24. The van der Waals surface area contributed by atoms with Crippen molar-refractivity contribution >= 4 is 0 Å². The summed E-state index contributed by atoms with van der Waals surface area (Å²) in [5, 5.41) is 0. The molecule has 1 nitrogen and oxygen atoms in total. The predicted molar refractivity (Wildman–Crippen MR) is 56.5 cm³/mol. The van der Waals surface area contributed by atoms with Crippen molar-refractivity contribution in [3.05, 3.63) is 65.0 Å². The Balaban J connectivity index is 2.46. The first-order chi connectivity index (χ1) is 8.59. The second-order valence-corrected chi connectivity index (χ2v) is 3.33. The van der Waals surface area contributed by atoms with Gasteiger partial charge in [0.2, 0.25) is 0 Å². The Morgan fingerprint density at radius 3 is 2.17 bits per heavy atom. The van der Waals surface area contributed by atoms with Crippen molar-refractivity contribution in [2.24, 2.45) is 0 Å². The van der Waals surface area contributed by atoms with Crippen molar-refractivity contribution in [2.45, 2.75) is 0 Å². The van der Waals surface area contributed by atoms with Gasteiger partial charge in [-0.05, 0) is 18.2 Å². The summed E-state index contributed by atoms with van der Waals surface area (Å²) in [5.74, 6) is -1.97. The minimum Gasteiger partial charge on any atom is -0.265 e. The van der Waals surface area contributed by atoms with E-state index in [9.17, 15) is 17.6 Å². The molecule has 0 aliphatic heterocycles. The second-order valence-electron chi connectivity index (χ2n) is 3.33. The normalized spacial score (nSPS) is 9.78. The molecule has 0 amide bonds. The summed E-state index contributed by atoms with van der Waals surface area (Å²) in [6, 6.07) is 3.60. The number of aromatic nitrogens is 1. The van der Waals surface area contributed by atoms with Crippen LogP contribution < -0.4 is 0 Å². The number of pyridine rings is 1. The molecule has 18 heavy (non-hydrogen) atoms. The van der Waals surface area contributed by atoms with Crippen LogP contribution in [0.3, 0.4) is 0 Å². The molecule has 0 fully saturated rings. The summed E-state index contributed by atoms with van der Waals surface area (Å²) in [7, 11) is 0. The van der Waals surface area contributed by atoms with Crippen molar-refractivity contribution in [1.29, 1.82) is 0 Å². The lowest BCUT2D eigenvalue weighted by Gasteiger charge is -1.99. The molecule has 0 atom stereocenters. The topological polar surface area (TPSA) is 12.9 Å². The lowest BCUT2D eigenvalue weighted by Crippen LogP contribution is -1.98. The van der Waals surface area contributed by atoms with Gasteiger partial charge >= 0.3 is 0 Å². The maximum atomic E-state index is 13.2. The van der Waals surface area contributed by atoms with Crippen molar-refractivity contribution in [2.75, 3.05) is 0 Å². The number of hydrogen-bond donors (Lipinski definition) is 0. The molecular weight excluding hydrogens is 246 g/mol. The van der Waals surface area contributed by atoms with Crippen LogP contribution in [0, 0.1) is 35.1 Å². The number of hydrogen-bond acceptors (Lipinski definition) is 1. The molecule has 0 aliphatic carbocycles. The fourth-order valence-electron chi connectivity index (χ4n) is 1.24. The molecule has 0 radical (unpaired) electrons. The lowest BCUT2D eigenvalue weighted by molar-refractivity contribution is 0.408. The van der Waals surface area contributed by atoms with Crippen LogP contribution in [0.1, 0.15) is 11.1 Å². The van der Waals surface area contributed by atoms with E-state index in [2.05, 4.69) is 16.8 Å². The van der Waals surface area contributed by atoms with Gasteiger partial charge in [0, 0.05) is 18.0 Å². The van der Waals surface area contributed by atoms with E-state index in [4.69, 9.17) is 0 Å². The van der Waals surface area contributed by atoms with Gasteiger partial charge < -0.3 is 0 Å². The van der Waals surface area contributed by atoms with Crippen molar-refractivity contribution < 1.29 is 17.6 Å². The summed E-state index contributed by atoms with van der Waals surface area (Å²) < 4.78 is 51.7. The Kier molecular flexibility index (Phi) is 3.28. The average Bonchev–Trinajstić information content (AvgIpc) is 2.40. The minimum absolute atomic E-state index is 0.495. The van der Waals surface area contributed by atoms with Crippen LogP contribution in [0.4, 0.5) is 17.6 Å². The quantitative estimate of drug-likeness (QED) is 0.303. The monoisotopic (exact) mass is 251 g/mol. The third-order valence-corrected chi connectivity index (χ3v) is 2.12. The highest BCUT2D eigenvalue weighted by Gasteiger charge is 2.17. The van der Waals surface area contributed by atoms with E-state index in [1.807, 2.05) is 0 Å². The third kappa shape index (κ3) is 2.33. The van der Waals surface area contributed by atoms with Gasteiger partial charge in [-0.15, -0.1) is 0 Å². The zero-order valence-electron chi connectivity index (χ0n) is 8.85. The zero-order valence-corrected chi connectivity index (χ0v) is 8.85. The van der Waals surface area contributed by atoms with Gasteiger partial charge in [-0.2, -0.15) is 0 Å². The van der Waals surface area contributed by atoms with Crippen LogP contribution in [0.5, 0.6) is 0 Å². The molecule has 0 bridgehead atoms. The van der Waals surface area contributed by atoms with E-state index in [1.54, 1.807) is 12.1 Å². The van der Waals surface area contributed by atoms with Gasteiger partial charge in [0.05, 0.1) is 5.56 Å². The Morgan fingerprint density at radius 1 is 0.833 bits per heavy atom. The zero-order chi connectivity index (χ0) is 13.1. The summed E-state index contributed by atoms with van der Waals surface area (Å²) in [6.45, 7) is 0. The molecule has 0 saturated carbocycles. The minimum atomic E-state index is -1.87. The van der Waals surface area contributed by atoms with E-state index >= 15 is 0 Å². The van der Waals surface area contributed by atoms with E-state index in [1.165, 1.54) is 12.4 Å². The van der Waals surface area contributed by atoms with Crippen LogP contribution in [0.25, 0.3) is 0 Å². The maximum Gasteiger partial charge on any atom is 0.198 e. The molecular formula is C13H5F4N. The number of rotatable bonds is 0. The molecule has 0 aliphatic rings. The van der Waals surface area contributed by atoms with Gasteiger partial charge in [0.1, 0.15) is 0 Å². The van der Waals surface area contributed by atoms with Gasteiger partial charge in [0.25, 0.3) is 0 Å². The van der Waals surface area contributed by atoms with Crippen molar-refractivity contribution in [3.63, 3.8) is 0 Å². The van der Waals surface area contributed by atoms with E-state index in [0.29, 0.717) is 11.6 Å². The smallest absolute Gasteiger partial charge is 0.198 e. The Morgan fingerprint density at radius 2 is 1.50 bits per heavy atom. The molecule has 0 spiro atoms. The molecule has 90 valence electrons. The first-order valence-corrected chi connectivity index (χ1v) is 4.84. The maximum absolute atomic E-state index is 13.2. The highest BCUT2D eigenvalue weighted by Crippen LogP contribution is 2.17. The Labute approximate surface area is 100 Å². The fraction of sp³-hybridized carbons (Fsp3) is 0. The summed E-state index contributed by atoms with van der Waals surface area (Å²) in [5.41, 5.74) is -0.0437. The second kappa shape index (κ2) is 4.88. The Bertz CT molecular complexity index is 642. The van der Waals surface area contributed by atoms with Crippen LogP contribution in [0.2, 0.25) is 0 Å². The van der Waals surface area contributed by atoms with Gasteiger partial charge in [-0.25, -0.2) is 17.6 Å². The van der Waals surface area contributed by atoms with Crippen LogP contribution >= 0.6 is 0 Å². The average molecular weight is 251 g/mol. The molecule has 5 heteroatoms. The third-order valence-electron chi connectivity index (χ3n) is 2.12. The molecule has 1 aromatic carbocycles. The Hall–Kier alpha value is -2.35. The highest BCUT2D eigenvalue weighted by atomic mass is 19.2. The SMILES string of the molecule is Fc1cc(C#Cc2ccncc2)c(F)c(F)c1F. The van der Waals surface area contributed by atoms with E-state index < -0.39 is 28.8 Å². The van der Waals surface area contributed by atoms with Gasteiger partial charge in [0.15, 0.2) is 23.3 Å². The molecule has 0 N–H and O–H groups in total. The highest BCUT2D eigenvalue weighted by molar-refractivity contribution is 5.43. The first-order valence-electron chi connectivity index (χ1n) is 4.84.